The Balaban J connectivity index is 2.11. The van der Waals surface area contributed by atoms with Gasteiger partial charge in [0.1, 0.15) is 12.0 Å². The number of carbonyl (C=O) groups is 1. The second-order valence-electron chi connectivity index (χ2n) is 4.30. The van der Waals surface area contributed by atoms with Crippen LogP contribution in [-0.4, -0.2) is 43.2 Å². The molecule has 19 heavy (non-hydrogen) atoms. The molecule has 0 aromatic carbocycles. The van der Waals surface area contributed by atoms with E-state index in [0.29, 0.717) is 12.1 Å². The zero-order valence-electron chi connectivity index (χ0n) is 10.7. The number of H-pyrrole nitrogens is 1. The molecule has 2 aromatic rings. The third kappa shape index (κ3) is 2.94. The van der Waals surface area contributed by atoms with Gasteiger partial charge < -0.3 is 5.11 Å². The lowest BCUT2D eigenvalue weighted by Crippen LogP contribution is -2.23. The summed E-state index contributed by atoms with van der Waals surface area (Å²) in [6, 6.07) is 1.90. The van der Waals surface area contributed by atoms with Crippen molar-refractivity contribution in [3.8, 4) is 0 Å². The Hall–Kier alpha value is -2.28. The van der Waals surface area contributed by atoms with Crippen LogP contribution in [0.25, 0.3) is 0 Å². The van der Waals surface area contributed by atoms with Crippen molar-refractivity contribution in [2.75, 3.05) is 7.05 Å². The number of hydrogen-bond donors (Lipinski definition) is 2. The number of aromatic carboxylic acids is 1. The van der Waals surface area contributed by atoms with Crippen LogP contribution >= 0.6 is 0 Å². The molecule has 1 atom stereocenters. The molecule has 1 unspecified atom stereocenters. The van der Waals surface area contributed by atoms with E-state index in [9.17, 15) is 4.79 Å². The fourth-order valence-electron chi connectivity index (χ4n) is 1.80. The Morgan fingerprint density at radius 2 is 2.37 bits per heavy atom. The molecule has 0 aliphatic rings. The average Bonchev–Trinajstić information content (AvgIpc) is 2.87. The molecule has 7 nitrogen and oxygen atoms in total. The van der Waals surface area contributed by atoms with Crippen LogP contribution < -0.4 is 0 Å². The van der Waals surface area contributed by atoms with Crippen molar-refractivity contribution >= 4 is 5.97 Å². The van der Waals surface area contributed by atoms with Gasteiger partial charge in [-0.2, -0.15) is 5.10 Å². The van der Waals surface area contributed by atoms with Gasteiger partial charge in [-0.3, -0.25) is 10.00 Å². The second kappa shape index (κ2) is 5.57. The van der Waals surface area contributed by atoms with Crippen LogP contribution in [-0.2, 0) is 6.54 Å². The summed E-state index contributed by atoms with van der Waals surface area (Å²) in [4.78, 5) is 21.1. The summed E-state index contributed by atoms with van der Waals surface area (Å²) in [7, 11) is 1.91. The standard InChI is InChI=1S/C12H15N5O2/c1-8(10-3-4-13-7-14-10)17(2)6-9-5-15-16-11(9)12(18)19/h3-5,7-8H,6H2,1-2H3,(H,15,16)(H,18,19). The van der Waals surface area contributed by atoms with Gasteiger partial charge in [-0.1, -0.05) is 0 Å². The predicted molar refractivity (Wildman–Crippen MR) is 67.5 cm³/mol. The quantitative estimate of drug-likeness (QED) is 0.836. The van der Waals surface area contributed by atoms with Gasteiger partial charge in [-0.05, 0) is 20.0 Å². The third-order valence-corrected chi connectivity index (χ3v) is 3.05. The van der Waals surface area contributed by atoms with Gasteiger partial charge in [-0.15, -0.1) is 0 Å². The number of nitrogens with one attached hydrogen (secondary N) is 1. The Morgan fingerprint density at radius 1 is 1.58 bits per heavy atom. The smallest absolute Gasteiger partial charge is 0.354 e. The molecule has 0 saturated heterocycles. The van der Waals surface area contributed by atoms with Crippen molar-refractivity contribution in [1.82, 2.24) is 25.1 Å². The highest BCUT2D eigenvalue weighted by molar-refractivity contribution is 5.86. The molecule has 0 amide bonds. The third-order valence-electron chi connectivity index (χ3n) is 3.05. The summed E-state index contributed by atoms with van der Waals surface area (Å²) >= 11 is 0. The van der Waals surface area contributed by atoms with Crippen LogP contribution in [0.1, 0.15) is 34.7 Å². The summed E-state index contributed by atoms with van der Waals surface area (Å²) in [5.74, 6) is -1.00. The van der Waals surface area contributed by atoms with Crippen molar-refractivity contribution in [2.45, 2.75) is 19.5 Å². The molecular formula is C12H15N5O2. The summed E-state index contributed by atoms with van der Waals surface area (Å²) in [6.07, 6.45) is 4.72. The first-order valence-corrected chi connectivity index (χ1v) is 5.81. The molecule has 7 heteroatoms. The van der Waals surface area contributed by atoms with Crippen LogP contribution in [0.15, 0.2) is 24.8 Å². The van der Waals surface area contributed by atoms with Crippen molar-refractivity contribution in [2.24, 2.45) is 0 Å². The highest BCUT2D eigenvalue weighted by Gasteiger charge is 2.18. The van der Waals surface area contributed by atoms with Crippen LogP contribution in [0.5, 0.6) is 0 Å². The number of carboxylic acids is 1. The minimum absolute atomic E-state index is 0.0551. The Morgan fingerprint density at radius 3 is 3.00 bits per heavy atom. The lowest BCUT2D eigenvalue weighted by Gasteiger charge is -2.23. The zero-order valence-corrected chi connectivity index (χ0v) is 10.7. The molecule has 0 bridgehead atoms. The highest BCUT2D eigenvalue weighted by atomic mass is 16.4. The molecule has 0 saturated carbocycles. The van der Waals surface area contributed by atoms with Gasteiger partial charge >= 0.3 is 5.97 Å². The van der Waals surface area contributed by atoms with Crippen LogP contribution in [0.4, 0.5) is 0 Å². The first kappa shape index (κ1) is 13.2. The van der Waals surface area contributed by atoms with E-state index in [1.54, 1.807) is 6.20 Å². The zero-order chi connectivity index (χ0) is 13.8. The number of carboxylic acid groups (broad SMARTS) is 1. The monoisotopic (exact) mass is 261 g/mol. The number of aromatic amines is 1. The predicted octanol–water partition coefficient (Wildman–Crippen LogP) is 1.09. The molecule has 2 heterocycles. The topological polar surface area (TPSA) is 95.0 Å². The lowest BCUT2D eigenvalue weighted by molar-refractivity contribution is 0.0688. The normalized spacial score (nSPS) is 12.6. The maximum atomic E-state index is 11.0. The highest BCUT2D eigenvalue weighted by Crippen LogP contribution is 2.18. The van der Waals surface area contributed by atoms with E-state index in [1.165, 1.54) is 12.5 Å². The fourth-order valence-corrected chi connectivity index (χ4v) is 1.80. The summed E-state index contributed by atoms with van der Waals surface area (Å²) in [5.41, 5.74) is 1.66. The van der Waals surface area contributed by atoms with E-state index in [4.69, 9.17) is 5.11 Å². The molecule has 100 valence electrons. The number of hydrogen-bond acceptors (Lipinski definition) is 5. The van der Waals surface area contributed by atoms with Crippen molar-refractivity contribution < 1.29 is 9.90 Å². The van der Waals surface area contributed by atoms with Gasteiger partial charge in [0.15, 0.2) is 0 Å². The van der Waals surface area contributed by atoms with Crippen LogP contribution in [0, 0.1) is 0 Å². The molecule has 0 aliphatic heterocycles. The SMILES string of the molecule is CC(c1ccncn1)N(C)Cc1cn[nH]c1C(=O)O. The fraction of sp³-hybridized carbons (Fsp3) is 0.333. The van der Waals surface area contributed by atoms with Crippen molar-refractivity contribution in [3.05, 3.63) is 41.7 Å². The Labute approximate surface area is 110 Å². The average molecular weight is 261 g/mol. The van der Waals surface area contributed by atoms with Gasteiger partial charge in [-0.25, -0.2) is 14.8 Å². The number of rotatable bonds is 5. The minimum atomic E-state index is -1.00. The molecular weight excluding hydrogens is 246 g/mol. The van der Waals surface area contributed by atoms with Crippen LogP contribution in [0.3, 0.4) is 0 Å². The van der Waals surface area contributed by atoms with Gasteiger partial charge in [0.2, 0.25) is 0 Å². The van der Waals surface area contributed by atoms with Crippen molar-refractivity contribution in [1.29, 1.82) is 0 Å². The minimum Gasteiger partial charge on any atom is -0.477 e. The largest absolute Gasteiger partial charge is 0.477 e. The Kier molecular flexibility index (Phi) is 3.86. The molecule has 0 spiro atoms. The molecule has 0 radical (unpaired) electrons. The first-order valence-electron chi connectivity index (χ1n) is 5.81. The number of nitrogens with zero attached hydrogens (tertiary/aromatic N) is 4. The van der Waals surface area contributed by atoms with E-state index in [0.717, 1.165) is 5.69 Å². The first-order chi connectivity index (χ1) is 9.09. The van der Waals surface area contributed by atoms with E-state index >= 15 is 0 Å². The molecule has 2 aromatic heterocycles. The van der Waals surface area contributed by atoms with Gasteiger partial charge in [0, 0.05) is 24.3 Å². The van der Waals surface area contributed by atoms with Gasteiger partial charge in [0.05, 0.1) is 11.9 Å². The summed E-state index contributed by atoms with van der Waals surface area (Å²) in [6.45, 7) is 2.48. The summed E-state index contributed by atoms with van der Waals surface area (Å²) < 4.78 is 0. The van der Waals surface area contributed by atoms with E-state index in [-0.39, 0.29) is 11.7 Å². The van der Waals surface area contributed by atoms with Crippen molar-refractivity contribution in [3.63, 3.8) is 0 Å². The lowest BCUT2D eigenvalue weighted by atomic mass is 10.1. The number of aromatic nitrogens is 4. The van der Waals surface area contributed by atoms with Crippen LogP contribution in [0.2, 0.25) is 0 Å². The molecule has 2 N–H and O–H groups in total. The van der Waals surface area contributed by atoms with E-state index in [2.05, 4.69) is 20.2 Å². The maximum Gasteiger partial charge on any atom is 0.354 e. The maximum absolute atomic E-state index is 11.0. The molecule has 0 aliphatic carbocycles. The Bertz CT molecular complexity index is 554. The van der Waals surface area contributed by atoms with Gasteiger partial charge in [0.25, 0.3) is 0 Å². The summed E-state index contributed by atoms with van der Waals surface area (Å²) in [5, 5.41) is 15.3. The molecule has 2 rings (SSSR count). The van der Waals surface area contributed by atoms with E-state index in [1.807, 2.05) is 24.9 Å². The molecule has 0 fully saturated rings. The van der Waals surface area contributed by atoms with E-state index < -0.39 is 5.97 Å². The second-order valence-corrected chi connectivity index (χ2v) is 4.30.